The number of rotatable bonds is 1. The van der Waals surface area contributed by atoms with Crippen molar-refractivity contribution < 1.29 is 0 Å². The molecule has 0 aromatic carbocycles. The lowest BCUT2D eigenvalue weighted by atomic mass is 9.81. The van der Waals surface area contributed by atoms with Crippen molar-refractivity contribution in [1.29, 1.82) is 0 Å². The van der Waals surface area contributed by atoms with Gasteiger partial charge >= 0.3 is 0 Å². The molecule has 0 amide bonds. The van der Waals surface area contributed by atoms with E-state index in [2.05, 4.69) is 27.7 Å². The highest BCUT2D eigenvalue weighted by Crippen LogP contribution is 3.01. The Labute approximate surface area is 69.4 Å². The zero-order valence-electron chi connectivity index (χ0n) is 8.02. The number of fused-ring (bicyclic) bond motifs is 1. The standard InChI is InChI=1S/C11H18/c1-6(2)11-8-5-7(3)10(11,4)9(8)11/h6-9H,5H2,1-4H3. The molecule has 0 radical (unpaired) electrons. The molecule has 4 saturated carbocycles. The highest BCUT2D eigenvalue weighted by Gasteiger charge is 2.97. The van der Waals surface area contributed by atoms with Crippen LogP contribution in [0, 0.1) is 34.5 Å². The van der Waals surface area contributed by atoms with E-state index in [1.807, 2.05) is 0 Å². The minimum Gasteiger partial charge on any atom is -0.0622 e. The third-order valence-electron chi connectivity index (χ3n) is 5.50. The van der Waals surface area contributed by atoms with Crippen LogP contribution in [0.1, 0.15) is 34.1 Å². The van der Waals surface area contributed by atoms with E-state index in [4.69, 9.17) is 0 Å². The second-order valence-electron chi connectivity index (χ2n) is 5.59. The first kappa shape index (κ1) is 6.51. The van der Waals surface area contributed by atoms with Crippen LogP contribution < -0.4 is 0 Å². The smallest absolute Gasteiger partial charge is 0.0147 e. The van der Waals surface area contributed by atoms with Crippen LogP contribution in [0.25, 0.3) is 0 Å². The van der Waals surface area contributed by atoms with E-state index in [9.17, 15) is 0 Å². The predicted octanol–water partition coefficient (Wildman–Crippen LogP) is 2.93. The van der Waals surface area contributed by atoms with Crippen molar-refractivity contribution in [2.24, 2.45) is 34.5 Å². The van der Waals surface area contributed by atoms with E-state index in [-0.39, 0.29) is 0 Å². The first-order valence-electron chi connectivity index (χ1n) is 5.08. The van der Waals surface area contributed by atoms with Gasteiger partial charge in [-0.15, -0.1) is 0 Å². The van der Waals surface area contributed by atoms with E-state index < -0.39 is 0 Å². The maximum Gasteiger partial charge on any atom is -0.0147 e. The molecule has 5 unspecified atom stereocenters. The molecule has 0 aromatic rings. The molecule has 0 heterocycles. The first-order chi connectivity index (χ1) is 5.08. The largest absolute Gasteiger partial charge is 0.0622 e. The van der Waals surface area contributed by atoms with Crippen molar-refractivity contribution in [3.05, 3.63) is 0 Å². The molecule has 0 saturated heterocycles. The molecule has 4 aliphatic rings. The Bertz CT molecular complexity index is 230. The molecule has 5 atom stereocenters. The van der Waals surface area contributed by atoms with Crippen LogP contribution in [0.5, 0.6) is 0 Å². The average Bonchev–Trinajstić information content (AvgIpc) is 2.67. The molecule has 11 heavy (non-hydrogen) atoms. The highest BCUT2D eigenvalue weighted by atomic mass is 15.0. The Hall–Kier alpha value is 0. The summed E-state index contributed by atoms with van der Waals surface area (Å²) in [6.45, 7) is 9.85. The number of hydrogen-bond acceptors (Lipinski definition) is 0. The van der Waals surface area contributed by atoms with Crippen LogP contribution in [0.4, 0.5) is 0 Å². The molecule has 0 heteroatoms. The molecule has 62 valence electrons. The van der Waals surface area contributed by atoms with Crippen LogP contribution in [0.2, 0.25) is 0 Å². The predicted molar refractivity (Wildman–Crippen MR) is 46.1 cm³/mol. The normalized spacial score (nSPS) is 70.1. The Morgan fingerprint density at radius 3 is 2.18 bits per heavy atom. The van der Waals surface area contributed by atoms with E-state index in [0.29, 0.717) is 0 Å². The van der Waals surface area contributed by atoms with Gasteiger partial charge in [0.1, 0.15) is 0 Å². The molecular weight excluding hydrogens is 132 g/mol. The fourth-order valence-electron chi connectivity index (χ4n) is 5.04. The summed E-state index contributed by atoms with van der Waals surface area (Å²) >= 11 is 0. The fourth-order valence-corrected chi connectivity index (χ4v) is 5.04. The number of hydrogen-bond donors (Lipinski definition) is 0. The lowest BCUT2D eigenvalue weighted by molar-refractivity contribution is 0.246. The Morgan fingerprint density at radius 1 is 1.36 bits per heavy atom. The minimum absolute atomic E-state index is 0.797. The Morgan fingerprint density at radius 2 is 2.00 bits per heavy atom. The quantitative estimate of drug-likeness (QED) is 0.539. The first-order valence-corrected chi connectivity index (χ1v) is 5.08. The van der Waals surface area contributed by atoms with Crippen molar-refractivity contribution in [2.75, 3.05) is 0 Å². The van der Waals surface area contributed by atoms with Crippen molar-refractivity contribution in [1.82, 2.24) is 0 Å². The fraction of sp³-hybridized carbons (Fsp3) is 1.00. The zero-order valence-corrected chi connectivity index (χ0v) is 8.02. The van der Waals surface area contributed by atoms with E-state index in [1.54, 1.807) is 6.42 Å². The summed E-state index contributed by atoms with van der Waals surface area (Å²) in [7, 11) is 0. The second-order valence-corrected chi connectivity index (χ2v) is 5.59. The topological polar surface area (TPSA) is 0 Å². The van der Waals surface area contributed by atoms with Crippen molar-refractivity contribution in [2.45, 2.75) is 34.1 Å². The van der Waals surface area contributed by atoms with Gasteiger partial charge in [-0.05, 0) is 40.9 Å². The van der Waals surface area contributed by atoms with Gasteiger partial charge in [0.05, 0.1) is 0 Å². The summed E-state index contributed by atoms with van der Waals surface area (Å²) in [5, 5.41) is 0. The lowest BCUT2D eigenvalue weighted by Gasteiger charge is -2.23. The summed E-state index contributed by atoms with van der Waals surface area (Å²) in [6.07, 6.45) is 1.54. The Kier molecular flexibility index (Phi) is 0.767. The van der Waals surface area contributed by atoms with E-state index >= 15 is 0 Å². The SMILES string of the molecule is CC1CC2C3C1(C)C23C(C)C. The van der Waals surface area contributed by atoms with Crippen LogP contribution in [-0.4, -0.2) is 0 Å². The van der Waals surface area contributed by atoms with Gasteiger partial charge in [0.25, 0.3) is 0 Å². The summed E-state index contributed by atoms with van der Waals surface area (Å²) in [5.41, 5.74) is 1.65. The highest BCUT2D eigenvalue weighted by molar-refractivity contribution is 5.44. The van der Waals surface area contributed by atoms with Crippen LogP contribution in [0.3, 0.4) is 0 Å². The van der Waals surface area contributed by atoms with Gasteiger partial charge in [0, 0.05) is 0 Å². The molecule has 0 spiro atoms. The Balaban J connectivity index is 2.00. The monoisotopic (exact) mass is 150 g/mol. The van der Waals surface area contributed by atoms with Crippen molar-refractivity contribution >= 4 is 0 Å². The van der Waals surface area contributed by atoms with Crippen LogP contribution >= 0.6 is 0 Å². The molecule has 4 rings (SSSR count). The molecule has 4 aliphatic carbocycles. The lowest BCUT2D eigenvalue weighted by Crippen LogP contribution is -2.18. The zero-order chi connectivity index (χ0) is 8.02. The van der Waals surface area contributed by atoms with Crippen LogP contribution in [-0.2, 0) is 0 Å². The second kappa shape index (κ2) is 1.30. The molecule has 0 aliphatic heterocycles. The summed E-state index contributed by atoms with van der Waals surface area (Å²) in [6, 6.07) is 0. The summed E-state index contributed by atoms with van der Waals surface area (Å²) in [4.78, 5) is 0. The van der Waals surface area contributed by atoms with E-state index in [0.717, 1.165) is 34.5 Å². The molecular formula is C11H18. The van der Waals surface area contributed by atoms with Gasteiger partial charge in [-0.2, -0.15) is 0 Å². The average molecular weight is 150 g/mol. The summed E-state index contributed by atoms with van der Waals surface area (Å²) < 4.78 is 0. The third-order valence-corrected chi connectivity index (χ3v) is 5.50. The van der Waals surface area contributed by atoms with Crippen LogP contribution in [0.15, 0.2) is 0 Å². The molecule has 0 aromatic heterocycles. The molecule has 2 bridgehead atoms. The molecule has 0 N–H and O–H groups in total. The van der Waals surface area contributed by atoms with Gasteiger partial charge in [-0.1, -0.05) is 27.7 Å². The third kappa shape index (κ3) is 0.346. The van der Waals surface area contributed by atoms with Gasteiger partial charge in [-0.3, -0.25) is 0 Å². The van der Waals surface area contributed by atoms with Gasteiger partial charge < -0.3 is 0 Å². The maximum atomic E-state index is 2.53. The van der Waals surface area contributed by atoms with Crippen molar-refractivity contribution in [3.63, 3.8) is 0 Å². The van der Waals surface area contributed by atoms with Crippen molar-refractivity contribution in [3.8, 4) is 0 Å². The van der Waals surface area contributed by atoms with Gasteiger partial charge in [0.2, 0.25) is 0 Å². The summed E-state index contributed by atoms with van der Waals surface area (Å²) in [5.74, 6) is 4.29. The van der Waals surface area contributed by atoms with Gasteiger partial charge in [-0.25, -0.2) is 0 Å². The molecule has 4 fully saturated rings. The van der Waals surface area contributed by atoms with E-state index in [1.165, 1.54) is 0 Å². The van der Waals surface area contributed by atoms with Gasteiger partial charge in [0.15, 0.2) is 0 Å². The minimum atomic E-state index is 0.797. The maximum absolute atomic E-state index is 2.53. The molecule has 0 nitrogen and oxygen atoms in total.